The number of rotatable bonds is 2. The minimum Gasteiger partial charge on any atom is -0.438 e. The first-order chi connectivity index (χ1) is 11.2. The van der Waals surface area contributed by atoms with Crippen molar-refractivity contribution < 1.29 is 4.42 Å². The zero-order valence-corrected chi connectivity index (χ0v) is 13.4. The number of benzene rings is 1. The highest BCUT2D eigenvalue weighted by molar-refractivity contribution is 5.52. The van der Waals surface area contributed by atoms with Crippen molar-refractivity contribution in [1.82, 2.24) is 9.97 Å². The SMILES string of the molecule is Cc1cccc(N2CCc3nc(-c4cc(C)ccn4)oc3C2)c1. The first kappa shape index (κ1) is 14.0. The molecule has 0 aliphatic carbocycles. The van der Waals surface area contributed by atoms with Crippen LogP contribution in [0, 0.1) is 13.8 Å². The van der Waals surface area contributed by atoms with Crippen molar-refractivity contribution in [2.24, 2.45) is 0 Å². The molecule has 0 bridgehead atoms. The van der Waals surface area contributed by atoms with Gasteiger partial charge in [-0.25, -0.2) is 4.98 Å². The molecule has 0 spiro atoms. The topological polar surface area (TPSA) is 42.2 Å². The molecule has 0 fully saturated rings. The number of fused-ring (bicyclic) bond motifs is 1. The van der Waals surface area contributed by atoms with E-state index in [1.165, 1.54) is 11.3 Å². The summed E-state index contributed by atoms with van der Waals surface area (Å²) >= 11 is 0. The number of aromatic nitrogens is 2. The smallest absolute Gasteiger partial charge is 0.245 e. The molecular formula is C19H19N3O. The molecule has 4 heteroatoms. The Balaban J connectivity index is 1.63. The molecule has 0 atom stereocenters. The molecule has 2 aromatic heterocycles. The predicted molar refractivity (Wildman–Crippen MR) is 90.4 cm³/mol. The van der Waals surface area contributed by atoms with Crippen LogP contribution >= 0.6 is 0 Å². The van der Waals surface area contributed by atoms with E-state index in [-0.39, 0.29) is 0 Å². The van der Waals surface area contributed by atoms with Crippen LogP contribution in [0.1, 0.15) is 22.6 Å². The standard InChI is InChI=1S/C19H19N3O/c1-13-4-3-5-15(10-13)22-9-7-16-18(12-22)23-19(21-16)17-11-14(2)6-8-20-17/h3-6,8,10-11H,7,9,12H2,1-2H3. The van der Waals surface area contributed by atoms with Crippen molar-refractivity contribution in [1.29, 1.82) is 0 Å². The van der Waals surface area contributed by atoms with Gasteiger partial charge in [-0.2, -0.15) is 0 Å². The van der Waals surface area contributed by atoms with Crippen molar-refractivity contribution in [3.63, 3.8) is 0 Å². The van der Waals surface area contributed by atoms with Gasteiger partial charge in [0.05, 0.1) is 12.2 Å². The van der Waals surface area contributed by atoms with Crippen LogP contribution < -0.4 is 4.90 Å². The van der Waals surface area contributed by atoms with E-state index < -0.39 is 0 Å². The van der Waals surface area contributed by atoms with Gasteiger partial charge in [0.1, 0.15) is 11.5 Å². The van der Waals surface area contributed by atoms with E-state index in [2.05, 4.69) is 46.1 Å². The number of anilines is 1. The van der Waals surface area contributed by atoms with E-state index in [1.54, 1.807) is 6.20 Å². The Bertz CT molecular complexity index is 853. The molecule has 1 aromatic carbocycles. The molecule has 116 valence electrons. The minimum atomic E-state index is 0.629. The van der Waals surface area contributed by atoms with Gasteiger partial charge in [0.25, 0.3) is 0 Å². The lowest BCUT2D eigenvalue weighted by molar-refractivity contribution is 0.494. The fourth-order valence-electron chi connectivity index (χ4n) is 3.00. The number of hydrogen-bond donors (Lipinski definition) is 0. The highest BCUT2D eigenvalue weighted by Crippen LogP contribution is 2.28. The lowest BCUT2D eigenvalue weighted by Crippen LogP contribution is -2.29. The molecule has 1 aliphatic rings. The molecule has 4 nitrogen and oxygen atoms in total. The van der Waals surface area contributed by atoms with Gasteiger partial charge < -0.3 is 9.32 Å². The monoisotopic (exact) mass is 305 g/mol. The zero-order valence-electron chi connectivity index (χ0n) is 13.4. The third-order valence-electron chi connectivity index (χ3n) is 4.23. The van der Waals surface area contributed by atoms with Crippen molar-refractivity contribution in [2.45, 2.75) is 26.8 Å². The maximum Gasteiger partial charge on any atom is 0.245 e. The fourth-order valence-corrected chi connectivity index (χ4v) is 3.00. The number of aryl methyl sites for hydroxylation is 2. The lowest BCUT2D eigenvalue weighted by atomic mass is 10.1. The molecule has 0 saturated heterocycles. The first-order valence-electron chi connectivity index (χ1n) is 7.92. The summed E-state index contributed by atoms with van der Waals surface area (Å²) in [4.78, 5) is 11.4. The van der Waals surface area contributed by atoms with Crippen molar-refractivity contribution >= 4 is 5.69 Å². The summed E-state index contributed by atoms with van der Waals surface area (Å²) in [6, 6.07) is 12.6. The third kappa shape index (κ3) is 2.72. The zero-order chi connectivity index (χ0) is 15.8. The average molecular weight is 305 g/mol. The van der Waals surface area contributed by atoms with Crippen molar-refractivity contribution in [2.75, 3.05) is 11.4 Å². The number of pyridine rings is 1. The Hall–Kier alpha value is -2.62. The van der Waals surface area contributed by atoms with Crippen LogP contribution in [-0.4, -0.2) is 16.5 Å². The Morgan fingerprint density at radius 1 is 1.09 bits per heavy atom. The third-order valence-corrected chi connectivity index (χ3v) is 4.23. The molecule has 0 amide bonds. The first-order valence-corrected chi connectivity index (χ1v) is 7.92. The van der Waals surface area contributed by atoms with E-state index in [1.807, 2.05) is 19.1 Å². The van der Waals surface area contributed by atoms with E-state index in [0.29, 0.717) is 5.89 Å². The van der Waals surface area contributed by atoms with Gasteiger partial charge in [-0.3, -0.25) is 4.98 Å². The van der Waals surface area contributed by atoms with E-state index in [0.717, 1.165) is 42.2 Å². The number of oxazole rings is 1. The molecule has 0 unspecified atom stereocenters. The summed E-state index contributed by atoms with van der Waals surface area (Å²) in [5, 5.41) is 0. The fraction of sp³-hybridized carbons (Fsp3) is 0.263. The molecule has 0 N–H and O–H groups in total. The second-order valence-electron chi connectivity index (χ2n) is 6.12. The van der Waals surface area contributed by atoms with Gasteiger partial charge in [-0.05, 0) is 49.2 Å². The molecule has 1 aliphatic heterocycles. The maximum absolute atomic E-state index is 6.01. The van der Waals surface area contributed by atoms with E-state index >= 15 is 0 Å². The summed E-state index contributed by atoms with van der Waals surface area (Å²) in [6.07, 6.45) is 2.70. The molecule has 0 saturated carbocycles. The van der Waals surface area contributed by atoms with Crippen molar-refractivity contribution in [3.05, 3.63) is 65.2 Å². The summed E-state index contributed by atoms with van der Waals surface area (Å²) in [6.45, 7) is 5.89. The van der Waals surface area contributed by atoms with Crippen LogP contribution in [0.3, 0.4) is 0 Å². The average Bonchev–Trinajstić information content (AvgIpc) is 2.98. The summed E-state index contributed by atoms with van der Waals surface area (Å²) in [5.41, 5.74) is 5.54. The Morgan fingerprint density at radius 2 is 1.96 bits per heavy atom. The van der Waals surface area contributed by atoms with Gasteiger partial charge in [0.15, 0.2) is 0 Å². The Labute approximate surface area is 135 Å². The van der Waals surface area contributed by atoms with Crippen LogP contribution in [0.15, 0.2) is 47.0 Å². The van der Waals surface area contributed by atoms with Crippen LogP contribution in [0.25, 0.3) is 11.6 Å². The van der Waals surface area contributed by atoms with Crippen LogP contribution in [-0.2, 0) is 13.0 Å². The molecular weight excluding hydrogens is 286 g/mol. The highest BCUT2D eigenvalue weighted by atomic mass is 16.4. The van der Waals surface area contributed by atoms with Gasteiger partial charge in [0.2, 0.25) is 5.89 Å². The Kier molecular flexibility index (Phi) is 3.37. The predicted octanol–water partition coefficient (Wildman–Crippen LogP) is 3.92. The minimum absolute atomic E-state index is 0.629. The van der Waals surface area contributed by atoms with Crippen molar-refractivity contribution in [3.8, 4) is 11.6 Å². The lowest BCUT2D eigenvalue weighted by Gasteiger charge is -2.27. The van der Waals surface area contributed by atoms with Crippen LogP contribution in [0.2, 0.25) is 0 Å². The Morgan fingerprint density at radius 3 is 2.78 bits per heavy atom. The second-order valence-corrected chi connectivity index (χ2v) is 6.12. The molecule has 4 rings (SSSR count). The summed E-state index contributed by atoms with van der Waals surface area (Å²) in [5.74, 6) is 1.58. The van der Waals surface area contributed by atoms with Gasteiger partial charge in [0, 0.05) is 24.8 Å². The summed E-state index contributed by atoms with van der Waals surface area (Å²) < 4.78 is 6.01. The van der Waals surface area contributed by atoms with Crippen LogP contribution in [0.4, 0.5) is 5.69 Å². The summed E-state index contributed by atoms with van der Waals surface area (Å²) in [7, 11) is 0. The largest absolute Gasteiger partial charge is 0.438 e. The highest BCUT2D eigenvalue weighted by Gasteiger charge is 2.23. The molecule has 3 heterocycles. The molecule has 3 aromatic rings. The van der Waals surface area contributed by atoms with E-state index in [4.69, 9.17) is 4.42 Å². The quantitative estimate of drug-likeness (QED) is 0.720. The van der Waals surface area contributed by atoms with Gasteiger partial charge in [-0.15, -0.1) is 0 Å². The molecule has 23 heavy (non-hydrogen) atoms. The second kappa shape index (κ2) is 5.54. The molecule has 0 radical (unpaired) electrons. The van der Waals surface area contributed by atoms with Gasteiger partial charge >= 0.3 is 0 Å². The van der Waals surface area contributed by atoms with Gasteiger partial charge in [-0.1, -0.05) is 12.1 Å². The maximum atomic E-state index is 6.01. The number of nitrogens with zero attached hydrogens (tertiary/aromatic N) is 3. The van der Waals surface area contributed by atoms with E-state index in [9.17, 15) is 0 Å². The van der Waals surface area contributed by atoms with Crippen LogP contribution in [0.5, 0.6) is 0 Å². The number of hydrogen-bond acceptors (Lipinski definition) is 4. The normalized spacial score (nSPS) is 13.9.